The maximum absolute atomic E-state index is 9.71. The number of anilines is 1. The van der Waals surface area contributed by atoms with Crippen molar-refractivity contribution in [1.29, 1.82) is 5.26 Å². The SMILES string of the molecule is N#Cc1cc2c(N3CCC[C@@H](N)C3)ccnc2n2c1nc1ccccc12. The number of para-hydroxylation sites is 2. The van der Waals surface area contributed by atoms with Gasteiger partial charge in [-0.3, -0.25) is 4.40 Å². The van der Waals surface area contributed by atoms with Crippen molar-refractivity contribution in [3.05, 3.63) is 48.2 Å². The minimum Gasteiger partial charge on any atom is -0.369 e. The van der Waals surface area contributed by atoms with Crippen LogP contribution in [0.5, 0.6) is 0 Å². The van der Waals surface area contributed by atoms with E-state index in [1.54, 1.807) is 0 Å². The van der Waals surface area contributed by atoms with Crippen LogP contribution in [0.1, 0.15) is 18.4 Å². The third kappa shape index (κ3) is 2.14. The summed E-state index contributed by atoms with van der Waals surface area (Å²) in [6.45, 7) is 1.79. The Labute approximate surface area is 150 Å². The van der Waals surface area contributed by atoms with E-state index in [4.69, 9.17) is 5.73 Å². The van der Waals surface area contributed by atoms with Gasteiger partial charge in [-0.25, -0.2) is 9.97 Å². The number of pyridine rings is 2. The van der Waals surface area contributed by atoms with Gasteiger partial charge in [0.25, 0.3) is 0 Å². The zero-order chi connectivity index (χ0) is 17.7. The Balaban J connectivity index is 1.87. The van der Waals surface area contributed by atoms with Gasteiger partial charge >= 0.3 is 0 Å². The Morgan fingerprint density at radius 3 is 2.92 bits per heavy atom. The van der Waals surface area contributed by atoms with E-state index in [1.165, 1.54) is 0 Å². The van der Waals surface area contributed by atoms with Crippen LogP contribution < -0.4 is 10.6 Å². The van der Waals surface area contributed by atoms with Gasteiger partial charge in [-0.05, 0) is 37.1 Å². The largest absolute Gasteiger partial charge is 0.369 e. The lowest BCUT2D eigenvalue weighted by Crippen LogP contribution is -2.42. The highest BCUT2D eigenvalue weighted by atomic mass is 15.2. The summed E-state index contributed by atoms with van der Waals surface area (Å²) in [7, 11) is 0. The van der Waals surface area contributed by atoms with Gasteiger partial charge in [0, 0.05) is 36.4 Å². The van der Waals surface area contributed by atoms with Crippen molar-refractivity contribution >= 4 is 33.4 Å². The molecular weight excluding hydrogens is 324 g/mol. The number of aromatic nitrogens is 3. The van der Waals surface area contributed by atoms with Gasteiger partial charge < -0.3 is 10.6 Å². The number of imidazole rings is 1. The average Bonchev–Trinajstić information content (AvgIpc) is 3.06. The van der Waals surface area contributed by atoms with Crippen LogP contribution in [0.4, 0.5) is 5.69 Å². The van der Waals surface area contributed by atoms with Gasteiger partial charge in [0.05, 0.1) is 16.6 Å². The van der Waals surface area contributed by atoms with Gasteiger partial charge in [-0.15, -0.1) is 0 Å². The first-order chi connectivity index (χ1) is 12.8. The summed E-state index contributed by atoms with van der Waals surface area (Å²) in [6.07, 6.45) is 3.96. The number of hydrogen-bond donors (Lipinski definition) is 1. The molecule has 0 spiro atoms. The third-order valence-electron chi connectivity index (χ3n) is 5.17. The lowest BCUT2D eigenvalue weighted by atomic mass is 10.0. The van der Waals surface area contributed by atoms with Crippen LogP contribution in [0, 0.1) is 11.3 Å². The average molecular weight is 342 g/mol. The molecule has 4 aromatic rings. The number of nitrogens with two attached hydrogens (primary N) is 1. The molecule has 1 aliphatic heterocycles. The Morgan fingerprint density at radius 2 is 2.08 bits per heavy atom. The van der Waals surface area contributed by atoms with Crippen molar-refractivity contribution in [1.82, 2.24) is 14.4 Å². The summed E-state index contributed by atoms with van der Waals surface area (Å²) in [5, 5.41) is 10.7. The molecule has 6 nitrogen and oxygen atoms in total. The monoisotopic (exact) mass is 342 g/mol. The fraction of sp³-hybridized carbons (Fsp3) is 0.250. The molecule has 3 aromatic heterocycles. The molecule has 2 N–H and O–H groups in total. The van der Waals surface area contributed by atoms with E-state index in [1.807, 2.05) is 47.0 Å². The Bertz CT molecular complexity index is 1190. The van der Waals surface area contributed by atoms with Crippen molar-refractivity contribution in [2.24, 2.45) is 5.73 Å². The lowest BCUT2D eigenvalue weighted by molar-refractivity contribution is 0.507. The van der Waals surface area contributed by atoms with Crippen LogP contribution in [0.25, 0.3) is 27.7 Å². The van der Waals surface area contributed by atoms with E-state index >= 15 is 0 Å². The summed E-state index contributed by atoms with van der Waals surface area (Å²) in [6, 6.07) is 14.3. The topological polar surface area (TPSA) is 83.2 Å². The number of nitriles is 1. The third-order valence-corrected chi connectivity index (χ3v) is 5.17. The van der Waals surface area contributed by atoms with E-state index in [0.29, 0.717) is 11.2 Å². The minimum absolute atomic E-state index is 0.181. The number of nitrogens with zero attached hydrogens (tertiary/aromatic N) is 5. The predicted molar refractivity (Wildman–Crippen MR) is 102 cm³/mol. The molecule has 1 aliphatic rings. The van der Waals surface area contributed by atoms with E-state index in [0.717, 1.165) is 53.7 Å². The van der Waals surface area contributed by atoms with E-state index in [-0.39, 0.29) is 6.04 Å². The molecular formula is C20H18N6. The van der Waals surface area contributed by atoms with Crippen LogP contribution >= 0.6 is 0 Å². The van der Waals surface area contributed by atoms with Crippen molar-refractivity contribution < 1.29 is 0 Å². The molecule has 0 radical (unpaired) electrons. The van der Waals surface area contributed by atoms with Gasteiger partial charge in [-0.1, -0.05) is 12.1 Å². The van der Waals surface area contributed by atoms with Crippen molar-refractivity contribution in [2.75, 3.05) is 18.0 Å². The molecule has 0 saturated carbocycles. The maximum Gasteiger partial charge on any atom is 0.157 e. The van der Waals surface area contributed by atoms with E-state index in [2.05, 4.69) is 20.9 Å². The molecule has 1 atom stereocenters. The first-order valence-electron chi connectivity index (χ1n) is 8.86. The molecule has 1 fully saturated rings. The first-order valence-corrected chi connectivity index (χ1v) is 8.86. The summed E-state index contributed by atoms with van der Waals surface area (Å²) in [5.74, 6) is 0. The number of piperidine rings is 1. The van der Waals surface area contributed by atoms with Gasteiger partial charge in [-0.2, -0.15) is 5.26 Å². The standard InChI is InChI=1S/C20H18N6/c21-11-13-10-15-17(25-9-3-4-14(22)12-25)7-8-23-20(15)26-18-6-2-1-5-16(18)24-19(13)26/h1-2,5-8,10,14H,3-4,9,12,22H2/t14-/m1/s1. The van der Waals surface area contributed by atoms with Gasteiger partial charge in [0.2, 0.25) is 0 Å². The Hall–Kier alpha value is -3.17. The number of hydrogen-bond acceptors (Lipinski definition) is 5. The number of benzene rings is 1. The zero-order valence-electron chi connectivity index (χ0n) is 14.3. The normalized spacial score (nSPS) is 17.8. The zero-order valence-corrected chi connectivity index (χ0v) is 14.3. The number of fused-ring (bicyclic) bond motifs is 5. The Morgan fingerprint density at radius 1 is 1.19 bits per heavy atom. The molecule has 26 heavy (non-hydrogen) atoms. The second-order valence-electron chi connectivity index (χ2n) is 6.85. The molecule has 1 aromatic carbocycles. The Kier molecular flexibility index (Phi) is 3.30. The van der Waals surface area contributed by atoms with Crippen LogP contribution in [-0.4, -0.2) is 33.5 Å². The fourth-order valence-electron chi connectivity index (χ4n) is 3.99. The van der Waals surface area contributed by atoms with Crippen molar-refractivity contribution in [3.63, 3.8) is 0 Å². The molecule has 4 heterocycles. The molecule has 0 bridgehead atoms. The predicted octanol–water partition coefficient (Wildman–Crippen LogP) is 2.83. The molecule has 6 heteroatoms. The number of rotatable bonds is 1. The maximum atomic E-state index is 9.71. The highest BCUT2D eigenvalue weighted by molar-refractivity contribution is 5.97. The molecule has 1 saturated heterocycles. The van der Waals surface area contributed by atoms with E-state index < -0.39 is 0 Å². The highest BCUT2D eigenvalue weighted by Crippen LogP contribution is 2.31. The molecule has 0 unspecified atom stereocenters. The van der Waals surface area contributed by atoms with Crippen LogP contribution in [0.15, 0.2) is 42.6 Å². The molecule has 0 aliphatic carbocycles. The smallest absolute Gasteiger partial charge is 0.157 e. The summed E-state index contributed by atoms with van der Waals surface area (Å²) < 4.78 is 2.00. The van der Waals surface area contributed by atoms with E-state index in [9.17, 15) is 5.26 Å². The van der Waals surface area contributed by atoms with Crippen molar-refractivity contribution in [2.45, 2.75) is 18.9 Å². The van der Waals surface area contributed by atoms with Crippen molar-refractivity contribution in [3.8, 4) is 6.07 Å². The second kappa shape index (κ2) is 5.68. The summed E-state index contributed by atoms with van der Waals surface area (Å²) in [4.78, 5) is 11.6. The highest BCUT2D eigenvalue weighted by Gasteiger charge is 2.21. The molecule has 5 rings (SSSR count). The minimum atomic E-state index is 0.181. The van der Waals surface area contributed by atoms with Gasteiger partial charge in [0.15, 0.2) is 5.65 Å². The van der Waals surface area contributed by atoms with Crippen LogP contribution in [0.2, 0.25) is 0 Å². The summed E-state index contributed by atoms with van der Waals surface area (Å²) >= 11 is 0. The summed E-state index contributed by atoms with van der Waals surface area (Å²) in [5.41, 5.74) is 11.1. The van der Waals surface area contributed by atoms with Gasteiger partial charge in [0.1, 0.15) is 11.7 Å². The molecule has 0 amide bonds. The lowest BCUT2D eigenvalue weighted by Gasteiger charge is -2.33. The van der Waals surface area contributed by atoms with Crippen LogP contribution in [-0.2, 0) is 0 Å². The quantitative estimate of drug-likeness (QED) is 0.575. The molecule has 128 valence electrons. The first kappa shape index (κ1) is 15.1. The second-order valence-corrected chi connectivity index (χ2v) is 6.85. The van der Waals surface area contributed by atoms with Crippen LogP contribution in [0.3, 0.4) is 0 Å². The fourth-order valence-corrected chi connectivity index (χ4v) is 3.99.